The molecule has 0 aliphatic carbocycles. The second kappa shape index (κ2) is 6.58. The zero-order chi connectivity index (χ0) is 15.2. The van der Waals surface area contributed by atoms with Gasteiger partial charge in [-0.1, -0.05) is 23.7 Å². The van der Waals surface area contributed by atoms with Crippen molar-refractivity contribution in [3.8, 4) is 0 Å². The number of hydrogen-bond donors (Lipinski definition) is 1. The van der Waals surface area contributed by atoms with Crippen molar-refractivity contribution in [3.63, 3.8) is 0 Å². The SMILES string of the molecule is O=C(/C=C/c1ccccc1[N+](=O)[O-])Nc1cnc(Cl)cn1. The lowest BCUT2D eigenvalue weighted by molar-refractivity contribution is -0.385. The highest BCUT2D eigenvalue weighted by Gasteiger charge is 2.09. The summed E-state index contributed by atoms with van der Waals surface area (Å²) in [6.45, 7) is 0. The van der Waals surface area contributed by atoms with Gasteiger partial charge in [0, 0.05) is 12.1 Å². The Morgan fingerprint density at radius 2 is 2.05 bits per heavy atom. The second-order valence-electron chi connectivity index (χ2n) is 3.86. The third kappa shape index (κ3) is 4.08. The summed E-state index contributed by atoms with van der Waals surface area (Å²) in [5, 5.41) is 13.5. The van der Waals surface area contributed by atoms with Crippen LogP contribution >= 0.6 is 11.6 Å². The van der Waals surface area contributed by atoms with Gasteiger partial charge in [-0.3, -0.25) is 14.9 Å². The number of rotatable bonds is 4. The minimum absolute atomic E-state index is 0.0761. The quantitative estimate of drug-likeness (QED) is 0.532. The van der Waals surface area contributed by atoms with E-state index in [0.29, 0.717) is 5.56 Å². The molecule has 0 aliphatic rings. The fourth-order valence-corrected chi connectivity index (χ4v) is 1.60. The molecule has 0 aliphatic heterocycles. The number of amides is 1. The van der Waals surface area contributed by atoms with Gasteiger partial charge < -0.3 is 5.32 Å². The van der Waals surface area contributed by atoms with Gasteiger partial charge in [0.1, 0.15) is 5.15 Å². The zero-order valence-electron chi connectivity index (χ0n) is 10.6. The molecule has 1 amide bonds. The molecule has 1 N–H and O–H groups in total. The Labute approximate surface area is 124 Å². The van der Waals surface area contributed by atoms with Gasteiger partial charge in [-0.15, -0.1) is 0 Å². The Bertz CT molecular complexity index is 701. The average Bonchev–Trinajstić information content (AvgIpc) is 2.48. The smallest absolute Gasteiger partial charge is 0.276 e. The van der Waals surface area contributed by atoms with Crippen LogP contribution < -0.4 is 5.32 Å². The Hall–Kier alpha value is -2.80. The van der Waals surface area contributed by atoms with E-state index in [4.69, 9.17) is 11.6 Å². The summed E-state index contributed by atoms with van der Waals surface area (Å²) in [5.41, 5.74) is 0.257. The highest BCUT2D eigenvalue weighted by atomic mass is 35.5. The maximum Gasteiger partial charge on any atom is 0.276 e. The molecule has 0 fully saturated rings. The van der Waals surface area contributed by atoms with Crippen LogP contribution in [0.2, 0.25) is 5.15 Å². The number of nitrogens with one attached hydrogen (secondary N) is 1. The number of anilines is 1. The fraction of sp³-hybridized carbons (Fsp3) is 0. The van der Waals surface area contributed by atoms with Crippen molar-refractivity contribution in [2.24, 2.45) is 0 Å². The standard InChI is InChI=1S/C13H9ClN4O3/c14-11-7-16-12(8-15-11)17-13(19)6-5-9-3-1-2-4-10(9)18(20)21/h1-8H,(H,16,17,19)/b6-5+. The van der Waals surface area contributed by atoms with E-state index in [1.165, 1.54) is 30.6 Å². The predicted octanol–water partition coefficient (Wildman–Crippen LogP) is 2.69. The average molecular weight is 305 g/mol. The number of nitrogens with zero attached hydrogens (tertiary/aromatic N) is 3. The van der Waals surface area contributed by atoms with E-state index in [9.17, 15) is 14.9 Å². The number of carbonyl (C=O) groups is 1. The summed E-state index contributed by atoms with van der Waals surface area (Å²) >= 11 is 5.57. The summed E-state index contributed by atoms with van der Waals surface area (Å²) in [4.78, 5) is 29.6. The second-order valence-corrected chi connectivity index (χ2v) is 4.25. The van der Waals surface area contributed by atoms with Crippen LogP contribution in [0.4, 0.5) is 11.5 Å². The van der Waals surface area contributed by atoms with Gasteiger partial charge in [0.15, 0.2) is 5.82 Å². The van der Waals surface area contributed by atoms with Gasteiger partial charge in [-0.05, 0) is 12.1 Å². The first-order chi connectivity index (χ1) is 10.1. The van der Waals surface area contributed by atoms with Crippen LogP contribution in [0.15, 0.2) is 42.7 Å². The molecule has 0 radical (unpaired) electrons. The molecule has 0 saturated heterocycles. The van der Waals surface area contributed by atoms with Crippen LogP contribution in [-0.2, 0) is 4.79 Å². The largest absolute Gasteiger partial charge is 0.306 e. The van der Waals surface area contributed by atoms with Crippen LogP contribution in [0.1, 0.15) is 5.56 Å². The lowest BCUT2D eigenvalue weighted by atomic mass is 10.1. The van der Waals surface area contributed by atoms with E-state index < -0.39 is 10.8 Å². The van der Waals surface area contributed by atoms with Crippen molar-refractivity contribution >= 4 is 35.1 Å². The number of aromatic nitrogens is 2. The summed E-state index contributed by atoms with van der Waals surface area (Å²) < 4.78 is 0. The van der Waals surface area contributed by atoms with Gasteiger partial charge in [0.05, 0.1) is 22.9 Å². The minimum Gasteiger partial charge on any atom is -0.306 e. The Morgan fingerprint density at radius 3 is 2.71 bits per heavy atom. The molecule has 106 valence electrons. The van der Waals surface area contributed by atoms with Crippen LogP contribution in [0.3, 0.4) is 0 Å². The minimum atomic E-state index is -0.512. The summed E-state index contributed by atoms with van der Waals surface area (Å²) in [5.74, 6) is -0.249. The molecule has 0 bridgehead atoms. The molecular formula is C13H9ClN4O3. The zero-order valence-corrected chi connectivity index (χ0v) is 11.3. The third-order valence-corrected chi connectivity index (χ3v) is 2.61. The van der Waals surface area contributed by atoms with E-state index in [-0.39, 0.29) is 16.7 Å². The number of hydrogen-bond acceptors (Lipinski definition) is 5. The molecule has 1 aromatic heterocycles. The maximum atomic E-state index is 11.7. The fourth-order valence-electron chi connectivity index (χ4n) is 1.50. The summed E-state index contributed by atoms with van der Waals surface area (Å²) in [6.07, 6.45) is 5.14. The molecule has 7 nitrogen and oxygen atoms in total. The van der Waals surface area contributed by atoms with Gasteiger partial charge in [0.2, 0.25) is 5.91 Å². The van der Waals surface area contributed by atoms with Crippen molar-refractivity contribution in [3.05, 3.63) is 63.6 Å². The van der Waals surface area contributed by atoms with Crippen molar-refractivity contribution in [1.29, 1.82) is 0 Å². The molecular weight excluding hydrogens is 296 g/mol. The molecule has 1 heterocycles. The first kappa shape index (κ1) is 14.6. The molecule has 0 atom stereocenters. The van der Waals surface area contributed by atoms with Gasteiger partial charge >= 0.3 is 0 Å². The van der Waals surface area contributed by atoms with Crippen LogP contribution in [0.5, 0.6) is 0 Å². The highest BCUT2D eigenvalue weighted by molar-refractivity contribution is 6.29. The number of benzene rings is 1. The van der Waals surface area contributed by atoms with Crippen molar-refractivity contribution in [1.82, 2.24) is 9.97 Å². The molecule has 2 aromatic rings. The molecule has 0 saturated carbocycles. The van der Waals surface area contributed by atoms with E-state index in [1.807, 2.05) is 0 Å². The van der Waals surface area contributed by atoms with E-state index in [2.05, 4.69) is 15.3 Å². The lowest BCUT2D eigenvalue weighted by Gasteiger charge is -2.00. The third-order valence-electron chi connectivity index (χ3n) is 2.42. The van der Waals surface area contributed by atoms with Crippen molar-refractivity contribution in [2.45, 2.75) is 0 Å². The lowest BCUT2D eigenvalue weighted by Crippen LogP contribution is -2.09. The Balaban J connectivity index is 2.09. The monoisotopic (exact) mass is 304 g/mol. The Morgan fingerprint density at radius 1 is 1.29 bits per heavy atom. The van der Waals surface area contributed by atoms with Crippen molar-refractivity contribution < 1.29 is 9.72 Å². The van der Waals surface area contributed by atoms with Gasteiger partial charge in [-0.25, -0.2) is 9.97 Å². The normalized spacial score (nSPS) is 10.5. The molecule has 0 unspecified atom stereocenters. The number of halogens is 1. The Kier molecular flexibility index (Phi) is 4.57. The summed E-state index contributed by atoms with van der Waals surface area (Å²) in [7, 11) is 0. The first-order valence-corrected chi connectivity index (χ1v) is 6.14. The molecule has 2 rings (SSSR count). The molecule has 8 heteroatoms. The topological polar surface area (TPSA) is 98.0 Å². The summed E-state index contributed by atoms with van der Waals surface area (Å²) in [6, 6.07) is 6.11. The number of nitro groups is 1. The van der Waals surface area contributed by atoms with Crippen LogP contribution in [-0.4, -0.2) is 20.8 Å². The molecule has 1 aromatic carbocycles. The van der Waals surface area contributed by atoms with Gasteiger partial charge in [-0.2, -0.15) is 0 Å². The van der Waals surface area contributed by atoms with Crippen molar-refractivity contribution in [2.75, 3.05) is 5.32 Å². The van der Waals surface area contributed by atoms with E-state index in [0.717, 1.165) is 0 Å². The number of nitro benzene ring substituents is 1. The van der Waals surface area contributed by atoms with E-state index in [1.54, 1.807) is 18.2 Å². The number of para-hydroxylation sites is 1. The molecule has 0 spiro atoms. The van der Waals surface area contributed by atoms with Crippen LogP contribution in [0.25, 0.3) is 6.08 Å². The predicted molar refractivity (Wildman–Crippen MR) is 77.8 cm³/mol. The first-order valence-electron chi connectivity index (χ1n) is 5.76. The van der Waals surface area contributed by atoms with Gasteiger partial charge in [0.25, 0.3) is 5.69 Å². The number of carbonyl (C=O) groups excluding carboxylic acids is 1. The van der Waals surface area contributed by atoms with Crippen LogP contribution in [0, 0.1) is 10.1 Å². The molecule has 21 heavy (non-hydrogen) atoms. The van der Waals surface area contributed by atoms with E-state index >= 15 is 0 Å². The maximum absolute atomic E-state index is 11.7. The highest BCUT2D eigenvalue weighted by Crippen LogP contribution is 2.18.